The zero-order valence-corrected chi connectivity index (χ0v) is 11.4. The van der Waals surface area contributed by atoms with Gasteiger partial charge in [0.15, 0.2) is 0 Å². The van der Waals surface area contributed by atoms with E-state index in [4.69, 9.17) is 21.4 Å². The highest BCUT2D eigenvalue weighted by atomic mass is 35.5. The van der Waals surface area contributed by atoms with Crippen LogP contribution in [0.2, 0.25) is 5.02 Å². The van der Waals surface area contributed by atoms with Crippen molar-refractivity contribution in [2.45, 2.75) is 26.0 Å². The molecule has 0 aliphatic carbocycles. The molecule has 0 fully saturated rings. The Morgan fingerprint density at radius 1 is 1.44 bits per heavy atom. The molecular weight excluding hydrogens is 254 g/mol. The molecule has 1 aromatic carbocycles. The zero-order chi connectivity index (χ0) is 13.5. The van der Waals surface area contributed by atoms with E-state index in [0.29, 0.717) is 10.8 Å². The highest BCUT2D eigenvalue weighted by Gasteiger charge is 2.09. The van der Waals surface area contributed by atoms with Crippen LogP contribution in [0.25, 0.3) is 0 Å². The fraction of sp³-hybridized carbons (Fsp3) is 0.538. The van der Waals surface area contributed by atoms with E-state index >= 15 is 0 Å². The fourth-order valence-corrected chi connectivity index (χ4v) is 1.81. The third-order valence-corrected chi connectivity index (χ3v) is 2.90. The maximum Gasteiger partial charge on any atom is 0.138 e. The molecule has 18 heavy (non-hydrogen) atoms. The second-order valence-electron chi connectivity index (χ2n) is 4.12. The molecule has 5 heteroatoms. The SMILES string of the molecule is CCNC(C)c1ccc(OCC(O)CO)c(Cl)c1. The van der Waals surface area contributed by atoms with Crippen LogP contribution < -0.4 is 10.1 Å². The first kappa shape index (κ1) is 15.2. The number of halogens is 1. The van der Waals surface area contributed by atoms with Crippen molar-refractivity contribution in [2.75, 3.05) is 19.8 Å². The van der Waals surface area contributed by atoms with E-state index in [9.17, 15) is 5.11 Å². The second kappa shape index (κ2) is 7.59. The molecule has 4 nitrogen and oxygen atoms in total. The molecule has 0 amide bonds. The van der Waals surface area contributed by atoms with Crippen LogP contribution in [0.1, 0.15) is 25.5 Å². The number of benzene rings is 1. The molecule has 0 saturated carbocycles. The maximum absolute atomic E-state index is 9.19. The maximum atomic E-state index is 9.19. The molecule has 0 heterocycles. The van der Waals surface area contributed by atoms with Gasteiger partial charge in [-0.1, -0.05) is 24.6 Å². The topological polar surface area (TPSA) is 61.7 Å². The van der Waals surface area contributed by atoms with Gasteiger partial charge in [-0.05, 0) is 31.2 Å². The van der Waals surface area contributed by atoms with E-state index in [1.165, 1.54) is 0 Å². The zero-order valence-electron chi connectivity index (χ0n) is 10.7. The number of ether oxygens (including phenoxy) is 1. The monoisotopic (exact) mass is 273 g/mol. The van der Waals surface area contributed by atoms with Crippen LogP contribution in [0, 0.1) is 0 Å². The van der Waals surface area contributed by atoms with Crippen LogP contribution in [0.4, 0.5) is 0 Å². The summed E-state index contributed by atoms with van der Waals surface area (Å²) in [5, 5.41) is 21.7. The number of aliphatic hydroxyl groups excluding tert-OH is 2. The van der Waals surface area contributed by atoms with Crippen LogP contribution in [0.15, 0.2) is 18.2 Å². The van der Waals surface area contributed by atoms with Gasteiger partial charge >= 0.3 is 0 Å². The van der Waals surface area contributed by atoms with E-state index in [1.807, 2.05) is 19.1 Å². The number of rotatable bonds is 7. The third-order valence-electron chi connectivity index (χ3n) is 2.61. The Kier molecular flexibility index (Phi) is 6.43. The van der Waals surface area contributed by atoms with Gasteiger partial charge in [-0.3, -0.25) is 0 Å². The molecule has 2 unspecified atom stereocenters. The summed E-state index contributed by atoms with van der Waals surface area (Å²) >= 11 is 6.10. The van der Waals surface area contributed by atoms with Gasteiger partial charge in [-0.25, -0.2) is 0 Å². The van der Waals surface area contributed by atoms with Crippen LogP contribution >= 0.6 is 11.6 Å². The van der Waals surface area contributed by atoms with Crippen molar-refractivity contribution in [3.63, 3.8) is 0 Å². The summed E-state index contributed by atoms with van der Waals surface area (Å²) < 4.78 is 5.32. The first-order valence-electron chi connectivity index (χ1n) is 6.03. The van der Waals surface area contributed by atoms with Crippen molar-refractivity contribution in [1.29, 1.82) is 0 Å². The Labute approximate surface area is 113 Å². The minimum Gasteiger partial charge on any atom is -0.489 e. The van der Waals surface area contributed by atoms with Crippen molar-refractivity contribution < 1.29 is 14.9 Å². The van der Waals surface area contributed by atoms with Gasteiger partial charge in [0.05, 0.1) is 11.6 Å². The summed E-state index contributed by atoms with van der Waals surface area (Å²) in [6.45, 7) is 4.70. The lowest BCUT2D eigenvalue weighted by Gasteiger charge is -2.15. The number of hydrogen-bond acceptors (Lipinski definition) is 4. The van der Waals surface area contributed by atoms with Crippen LogP contribution in [-0.4, -0.2) is 36.1 Å². The van der Waals surface area contributed by atoms with Crippen LogP contribution in [0.5, 0.6) is 5.75 Å². The highest BCUT2D eigenvalue weighted by Crippen LogP contribution is 2.28. The van der Waals surface area contributed by atoms with Gasteiger partial charge in [-0.15, -0.1) is 0 Å². The second-order valence-corrected chi connectivity index (χ2v) is 4.52. The predicted octanol–water partition coefficient (Wildman–Crippen LogP) is 1.74. The summed E-state index contributed by atoms with van der Waals surface area (Å²) in [4.78, 5) is 0. The fourth-order valence-electron chi connectivity index (χ4n) is 1.57. The van der Waals surface area contributed by atoms with Crippen LogP contribution in [0.3, 0.4) is 0 Å². The van der Waals surface area contributed by atoms with Gasteiger partial charge in [0.1, 0.15) is 18.5 Å². The van der Waals surface area contributed by atoms with Crippen molar-refractivity contribution >= 4 is 11.6 Å². The number of aliphatic hydroxyl groups is 2. The van der Waals surface area contributed by atoms with Gasteiger partial charge in [-0.2, -0.15) is 0 Å². The minimum atomic E-state index is -0.888. The van der Waals surface area contributed by atoms with E-state index in [0.717, 1.165) is 12.1 Å². The van der Waals surface area contributed by atoms with Crippen molar-refractivity contribution in [2.24, 2.45) is 0 Å². The van der Waals surface area contributed by atoms with Gasteiger partial charge in [0.2, 0.25) is 0 Å². The quantitative estimate of drug-likeness (QED) is 0.708. The summed E-state index contributed by atoms with van der Waals surface area (Å²) in [5.74, 6) is 0.511. The molecule has 1 rings (SSSR count). The Morgan fingerprint density at radius 3 is 2.72 bits per heavy atom. The summed E-state index contributed by atoms with van der Waals surface area (Å²) in [6.07, 6.45) is -0.888. The standard InChI is InChI=1S/C13H20ClNO3/c1-3-15-9(2)10-4-5-13(12(14)6-10)18-8-11(17)7-16/h4-6,9,11,15-17H,3,7-8H2,1-2H3. The van der Waals surface area contributed by atoms with Crippen molar-refractivity contribution in [3.8, 4) is 5.75 Å². The van der Waals surface area contributed by atoms with Crippen molar-refractivity contribution in [1.82, 2.24) is 5.32 Å². The van der Waals surface area contributed by atoms with E-state index < -0.39 is 6.10 Å². The lowest BCUT2D eigenvalue weighted by molar-refractivity contribution is 0.0536. The summed E-state index contributed by atoms with van der Waals surface area (Å²) in [6, 6.07) is 5.77. The first-order chi connectivity index (χ1) is 8.58. The highest BCUT2D eigenvalue weighted by molar-refractivity contribution is 6.32. The molecule has 0 radical (unpaired) electrons. The third kappa shape index (κ3) is 4.46. The Hall–Kier alpha value is -0.810. The predicted molar refractivity (Wildman–Crippen MR) is 72.1 cm³/mol. The van der Waals surface area contributed by atoms with E-state index in [1.54, 1.807) is 6.07 Å². The molecule has 0 aliphatic heterocycles. The van der Waals surface area contributed by atoms with Crippen LogP contribution in [-0.2, 0) is 0 Å². The normalized spacial score (nSPS) is 14.3. The molecule has 2 atom stereocenters. The van der Waals surface area contributed by atoms with Gasteiger partial charge < -0.3 is 20.3 Å². The molecule has 0 spiro atoms. The van der Waals surface area contributed by atoms with Crippen molar-refractivity contribution in [3.05, 3.63) is 28.8 Å². The molecule has 0 aliphatic rings. The molecule has 0 bridgehead atoms. The molecule has 0 saturated heterocycles. The smallest absolute Gasteiger partial charge is 0.138 e. The summed E-state index contributed by atoms with van der Waals surface area (Å²) in [7, 11) is 0. The molecule has 102 valence electrons. The lowest BCUT2D eigenvalue weighted by Crippen LogP contribution is -2.21. The Balaban J connectivity index is 2.67. The molecule has 3 N–H and O–H groups in total. The van der Waals surface area contributed by atoms with E-state index in [2.05, 4.69) is 12.2 Å². The first-order valence-corrected chi connectivity index (χ1v) is 6.40. The Bertz CT molecular complexity index is 373. The molecule has 0 aromatic heterocycles. The average molecular weight is 274 g/mol. The largest absolute Gasteiger partial charge is 0.489 e. The Morgan fingerprint density at radius 2 is 2.17 bits per heavy atom. The lowest BCUT2D eigenvalue weighted by atomic mass is 10.1. The summed E-state index contributed by atoms with van der Waals surface area (Å²) in [5.41, 5.74) is 1.08. The van der Waals surface area contributed by atoms with E-state index in [-0.39, 0.29) is 19.3 Å². The average Bonchev–Trinajstić information content (AvgIpc) is 2.37. The number of hydrogen-bond donors (Lipinski definition) is 3. The molecular formula is C13H20ClNO3. The van der Waals surface area contributed by atoms with Gasteiger partial charge in [0.25, 0.3) is 0 Å². The number of nitrogens with one attached hydrogen (secondary N) is 1. The molecule has 1 aromatic rings. The van der Waals surface area contributed by atoms with Gasteiger partial charge in [0, 0.05) is 6.04 Å². The minimum absolute atomic E-state index is 0.0261.